The maximum Gasteiger partial charge on any atom is 0.253 e. The molecule has 1 aromatic heterocycles. The number of carbonyl (C=O) groups excluding carboxylic acids is 1. The first-order valence-corrected chi connectivity index (χ1v) is 13.2. The standard InChI is InChI=1S/C26H32N4O3S/c1-20-25(21(2)30(27-20)23-13-7-6-8-14-23)19-28(3)26(31)22-12-11-15-24(18-22)34(32,33)29-16-9-4-5-10-17-29/h6-8,11-15,18H,4-5,9-10,16-17,19H2,1-3H3. The van der Waals surface area contributed by atoms with Crippen molar-refractivity contribution in [3.8, 4) is 5.69 Å². The lowest BCUT2D eigenvalue weighted by atomic mass is 10.1. The van der Waals surface area contributed by atoms with E-state index in [0.29, 0.717) is 25.2 Å². The molecule has 180 valence electrons. The van der Waals surface area contributed by atoms with Gasteiger partial charge < -0.3 is 4.90 Å². The van der Waals surface area contributed by atoms with Gasteiger partial charge in [0.15, 0.2) is 0 Å². The van der Waals surface area contributed by atoms with Crippen molar-refractivity contribution in [1.82, 2.24) is 19.0 Å². The molecule has 0 spiro atoms. The maximum atomic E-state index is 13.2. The van der Waals surface area contributed by atoms with Crippen LogP contribution >= 0.6 is 0 Å². The number of benzene rings is 2. The minimum atomic E-state index is -3.62. The number of rotatable bonds is 6. The monoisotopic (exact) mass is 480 g/mol. The Labute approximate surface area is 202 Å². The van der Waals surface area contributed by atoms with Crippen LogP contribution in [-0.2, 0) is 16.6 Å². The van der Waals surface area contributed by atoms with E-state index >= 15 is 0 Å². The van der Waals surface area contributed by atoms with Crippen molar-refractivity contribution in [3.63, 3.8) is 0 Å². The van der Waals surface area contributed by atoms with E-state index in [9.17, 15) is 13.2 Å². The molecule has 0 bridgehead atoms. The van der Waals surface area contributed by atoms with Crippen LogP contribution in [0.4, 0.5) is 0 Å². The smallest absolute Gasteiger partial charge is 0.253 e. The van der Waals surface area contributed by atoms with Crippen molar-refractivity contribution in [2.45, 2.75) is 51.0 Å². The van der Waals surface area contributed by atoms with Crippen LogP contribution in [0.2, 0.25) is 0 Å². The molecule has 0 unspecified atom stereocenters. The fraction of sp³-hybridized carbons (Fsp3) is 0.385. The van der Waals surface area contributed by atoms with Gasteiger partial charge >= 0.3 is 0 Å². The highest BCUT2D eigenvalue weighted by Gasteiger charge is 2.26. The summed E-state index contributed by atoms with van der Waals surface area (Å²) in [4.78, 5) is 15.0. The van der Waals surface area contributed by atoms with Crippen LogP contribution in [0.1, 0.15) is 53.0 Å². The molecule has 0 atom stereocenters. The van der Waals surface area contributed by atoms with E-state index < -0.39 is 10.0 Å². The summed E-state index contributed by atoms with van der Waals surface area (Å²) in [5.74, 6) is -0.223. The molecule has 7 nitrogen and oxygen atoms in total. The number of para-hydroxylation sites is 1. The fourth-order valence-electron chi connectivity index (χ4n) is 4.47. The summed E-state index contributed by atoms with van der Waals surface area (Å²) in [5.41, 5.74) is 4.14. The fourth-order valence-corrected chi connectivity index (χ4v) is 6.04. The number of hydrogen-bond donors (Lipinski definition) is 0. The molecular weight excluding hydrogens is 448 g/mol. The van der Waals surface area contributed by atoms with Gasteiger partial charge in [-0.3, -0.25) is 4.79 Å². The Balaban J connectivity index is 1.55. The summed E-state index contributed by atoms with van der Waals surface area (Å²) in [6.07, 6.45) is 3.84. The number of nitrogens with zero attached hydrogens (tertiary/aromatic N) is 4. The number of aromatic nitrogens is 2. The normalized spacial score (nSPS) is 15.1. The minimum Gasteiger partial charge on any atom is -0.337 e. The van der Waals surface area contributed by atoms with Crippen LogP contribution in [0.25, 0.3) is 5.69 Å². The number of aryl methyl sites for hydroxylation is 1. The van der Waals surface area contributed by atoms with Gasteiger partial charge in [0.05, 0.1) is 16.3 Å². The summed E-state index contributed by atoms with van der Waals surface area (Å²) >= 11 is 0. The Bertz CT molecular complexity index is 1260. The molecule has 8 heteroatoms. The average Bonchev–Trinajstić information content (AvgIpc) is 3.04. The van der Waals surface area contributed by atoms with Crippen LogP contribution in [-0.4, -0.2) is 53.4 Å². The zero-order valence-corrected chi connectivity index (χ0v) is 20.9. The van der Waals surface area contributed by atoms with Crippen LogP contribution in [0.15, 0.2) is 59.5 Å². The molecule has 0 saturated carbocycles. The van der Waals surface area contributed by atoms with Crippen LogP contribution in [0, 0.1) is 13.8 Å². The molecule has 1 aliphatic heterocycles. The number of sulfonamides is 1. The first-order chi connectivity index (χ1) is 16.3. The maximum absolute atomic E-state index is 13.2. The summed E-state index contributed by atoms with van der Waals surface area (Å²) in [7, 11) is -1.88. The molecule has 0 N–H and O–H groups in total. The molecule has 2 heterocycles. The molecular formula is C26H32N4O3S. The Morgan fingerprint density at radius 3 is 2.32 bits per heavy atom. The van der Waals surface area contributed by atoms with Crippen molar-refractivity contribution in [3.05, 3.63) is 77.1 Å². The van der Waals surface area contributed by atoms with E-state index in [0.717, 1.165) is 48.3 Å². The quantitative estimate of drug-likeness (QED) is 0.526. The first kappa shape index (κ1) is 24.2. The lowest BCUT2D eigenvalue weighted by Crippen LogP contribution is -2.32. The minimum absolute atomic E-state index is 0.179. The second-order valence-electron chi connectivity index (χ2n) is 8.90. The highest BCUT2D eigenvalue weighted by atomic mass is 32.2. The van der Waals surface area contributed by atoms with Crippen molar-refractivity contribution in [2.24, 2.45) is 0 Å². The van der Waals surface area contributed by atoms with Gasteiger partial charge in [0.1, 0.15) is 0 Å². The van der Waals surface area contributed by atoms with E-state index in [-0.39, 0.29) is 10.8 Å². The van der Waals surface area contributed by atoms with E-state index in [4.69, 9.17) is 0 Å². The van der Waals surface area contributed by atoms with E-state index in [2.05, 4.69) is 5.10 Å². The van der Waals surface area contributed by atoms with Gasteiger partial charge in [0.25, 0.3) is 5.91 Å². The van der Waals surface area contributed by atoms with Gasteiger partial charge in [0.2, 0.25) is 10.0 Å². The zero-order chi connectivity index (χ0) is 24.3. The molecule has 0 radical (unpaired) electrons. The van der Waals surface area contributed by atoms with E-state index in [1.54, 1.807) is 34.5 Å². The number of amides is 1. The summed E-state index contributed by atoms with van der Waals surface area (Å²) < 4.78 is 29.8. The van der Waals surface area contributed by atoms with Crippen molar-refractivity contribution in [1.29, 1.82) is 0 Å². The SMILES string of the molecule is Cc1nn(-c2ccccc2)c(C)c1CN(C)C(=O)c1cccc(S(=O)(=O)N2CCCCCC2)c1. The van der Waals surface area contributed by atoms with Gasteiger partial charge in [-0.15, -0.1) is 0 Å². The van der Waals surface area contributed by atoms with Gasteiger partial charge in [-0.05, 0) is 57.0 Å². The summed E-state index contributed by atoms with van der Waals surface area (Å²) in [6, 6.07) is 16.3. The van der Waals surface area contributed by atoms with Gasteiger partial charge in [-0.1, -0.05) is 37.1 Å². The number of hydrogen-bond acceptors (Lipinski definition) is 4. The Hall–Kier alpha value is -2.97. The Morgan fingerprint density at radius 2 is 1.65 bits per heavy atom. The molecule has 1 amide bonds. The predicted molar refractivity (Wildman–Crippen MR) is 133 cm³/mol. The molecule has 0 aliphatic carbocycles. The number of carbonyl (C=O) groups is 1. The molecule has 4 rings (SSSR count). The van der Waals surface area contributed by atoms with Gasteiger partial charge in [0, 0.05) is 43.5 Å². The topological polar surface area (TPSA) is 75.5 Å². The highest BCUT2D eigenvalue weighted by molar-refractivity contribution is 7.89. The lowest BCUT2D eigenvalue weighted by molar-refractivity contribution is 0.0784. The van der Waals surface area contributed by atoms with Crippen LogP contribution in [0.5, 0.6) is 0 Å². The Morgan fingerprint density at radius 1 is 0.971 bits per heavy atom. The van der Waals surface area contributed by atoms with Crippen LogP contribution < -0.4 is 0 Å². The third-order valence-corrected chi connectivity index (χ3v) is 8.36. The van der Waals surface area contributed by atoms with Crippen molar-refractivity contribution < 1.29 is 13.2 Å². The highest BCUT2D eigenvalue weighted by Crippen LogP contribution is 2.23. The first-order valence-electron chi connectivity index (χ1n) is 11.8. The molecule has 1 saturated heterocycles. The average molecular weight is 481 g/mol. The third kappa shape index (κ3) is 4.93. The summed E-state index contributed by atoms with van der Waals surface area (Å²) in [5, 5.41) is 4.67. The zero-order valence-electron chi connectivity index (χ0n) is 20.1. The second-order valence-corrected chi connectivity index (χ2v) is 10.8. The largest absolute Gasteiger partial charge is 0.337 e. The van der Waals surface area contributed by atoms with Crippen LogP contribution in [0.3, 0.4) is 0 Å². The summed E-state index contributed by atoms with van der Waals surface area (Å²) in [6.45, 7) is 5.38. The second kappa shape index (κ2) is 10.1. The lowest BCUT2D eigenvalue weighted by Gasteiger charge is -2.21. The molecule has 34 heavy (non-hydrogen) atoms. The van der Waals surface area contributed by atoms with Crippen molar-refractivity contribution >= 4 is 15.9 Å². The Kier molecular flexibility index (Phi) is 7.19. The molecule has 1 aliphatic rings. The van der Waals surface area contributed by atoms with E-state index in [1.165, 1.54) is 6.07 Å². The van der Waals surface area contributed by atoms with E-state index in [1.807, 2.05) is 48.9 Å². The van der Waals surface area contributed by atoms with Gasteiger partial charge in [-0.2, -0.15) is 9.40 Å². The van der Waals surface area contributed by atoms with Gasteiger partial charge in [-0.25, -0.2) is 13.1 Å². The third-order valence-electron chi connectivity index (χ3n) is 6.47. The molecule has 1 fully saturated rings. The predicted octanol–water partition coefficient (Wildman–Crippen LogP) is 4.33. The molecule has 3 aromatic rings. The van der Waals surface area contributed by atoms with Crippen molar-refractivity contribution in [2.75, 3.05) is 20.1 Å². The molecule has 2 aromatic carbocycles.